The van der Waals surface area contributed by atoms with Gasteiger partial charge in [-0.05, 0) is 64.0 Å². The highest BCUT2D eigenvalue weighted by Gasteiger charge is 2.28. The largest absolute Gasteiger partial charge is 0.338 e. The van der Waals surface area contributed by atoms with Crippen LogP contribution in [0.4, 0.5) is 10.8 Å². The molecule has 5 heteroatoms. The molecule has 1 amide bonds. The molecule has 3 rings (SSSR count). The second-order valence-electron chi connectivity index (χ2n) is 7.53. The summed E-state index contributed by atoms with van der Waals surface area (Å²) in [6.07, 6.45) is 3.51. The van der Waals surface area contributed by atoms with Gasteiger partial charge in [0.05, 0.1) is 5.69 Å². The Bertz CT molecular complexity index is 785. The summed E-state index contributed by atoms with van der Waals surface area (Å²) >= 11 is 1.47. The van der Waals surface area contributed by atoms with Gasteiger partial charge >= 0.3 is 0 Å². The molecule has 1 fully saturated rings. The van der Waals surface area contributed by atoms with Gasteiger partial charge in [-0.3, -0.25) is 4.79 Å². The zero-order chi connectivity index (χ0) is 18.8. The molecule has 1 heterocycles. The van der Waals surface area contributed by atoms with Crippen LogP contribution < -0.4 is 5.32 Å². The van der Waals surface area contributed by atoms with Gasteiger partial charge in [-0.15, -0.1) is 0 Å². The predicted octanol–water partition coefficient (Wildman–Crippen LogP) is 5.38. The summed E-state index contributed by atoms with van der Waals surface area (Å²) in [6.45, 7) is 12.1. The minimum atomic E-state index is 0.138. The number of thiazole rings is 1. The molecule has 0 bridgehead atoms. The molecule has 1 aliphatic rings. The van der Waals surface area contributed by atoms with Crippen LogP contribution in [0, 0.1) is 33.6 Å². The van der Waals surface area contributed by atoms with Crippen molar-refractivity contribution in [1.82, 2.24) is 9.88 Å². The number of aromatic nitrogens is 1. The van der Waals surface area contributed by atoms with Crippen molar-refractivity contribution in [3.63, 3.8) is 0 Å². The lowest BCUT2D eigenvalue weighted by atomic mass is 10.1. The fraction of sp³-hybridized carbons (Fsp3) is 0.524. The molecule has 0 saturated heterocycles. The van der Waals surface area contributed by atoms with Crippen molar-refractivity contribution < 1.29 is 4.79 Å². The van der Waals surface area contributed by atoms with Crippen molar-refractivity contribution in [2.24, 2.45) is 5.92 Å². The van der Waals surface area contributed by atoms with Crippen LogP contribution in [-0.2, 0) is 0 Å². The van der Waals surface area contributed by atoms with Gasteiger partial charge in [0.2, 0.25) is 0 Å². The van der Waals surface area contributed by atoms with Gasteiger partial charge in [0.15, 0.2) is 5.13 Å². The molecule has 0 atom stereocenters. The lowest BCUT2D eigenvalue weighted by Gasteiger charge is -2.21. The Morgan fingerprint density at radius 3 is 2.46 bits per heavy atom. The Labute approximate surface area is 160 Å². The molecular weight excluding hydrogens is 342 g/mol. The van der Waals surface area contributed by atoms with Gasteiger partial charge in [-0.1, -0.05) is 36.0 Å². The van der Waals surface area contributed by atoms with E-state index in [2.05, 4.69) is 50.1 Å². The van der Waals surface area contributed by atoms with E-state index in [1.807, 2.05) is 11.8 Å². The number of amides is 1. The van der Waals surface area contributed by atoms with Crippen molar-refractivity contribution in [3.05, 3.63) is 39.4 Å². The summed E-state index contributed by atoms with van der Waals surface area (Å²) in [5.74, 6) is 0.841. The monoisotopic (exact) mass is 371 g/mol. The first-order valence-corrected chi connectivity index (χ1v) is 10.3. The predicted molar refractivity (Wildman–Crippen MR) is 110 cm³/mol. The second-order valence-corrected chi connectivity index (χ2v) is 8.53. The first-order valence-electron chi connectivity index (χ1n) is 9.50. The lowest BCUT2D eigenvalue weighted by Crippen LogP contribution is -2.33. The number of carbonyl (C=O) groups excluding carboxylic acids is 1. The number of benzene rings is 1. The van der Waals surface area contributed by atoms with Crippen LogP contribution in [-0.4, -0.2) is 28.9 Å². The molecule has 0 spiro atoms. The zero-order valence-corrected chi connectivity index (χ0v) is 17.3. The van der Waals surface area contributed by atoms with Gasteiger partial charge in [0.1, 0.15) is 4.88 Å². The quantitative estimate of drug-likeness (QED) is 0.710. The van der Waals surface area contributed by atoms with Crippen LogP contribution in [0.5, 0.6) is 0 Å². The summed E-state index contributed by atoms with van der Waals surface area (Å²) in [7, 11) is 0. The molecule has 1 saturated carbocycles. The third-order valence-corrected chi connectivity index (χ3v) is 5.92. The molecular formula is C21H29N3OS. The number of aryl methyl sites for hydroxylation is 4. The van der Waals surface area contributed by atoms with Gasteiger partial charge < -0.3 is 10.2 Å². The number of hydrogen-bond acceptors (Lipinski definition) is 4. The van der Waals surface area contributed by atoms with E-state index in [4.69, 9.17) is 0 Å². The van der Waals surface area contributed by atoms with Crippen molar-refractivity contribution >= 4 is 28.1 Å². The molecule has 1 aromatic heterocycles. The van der Waals surface area contributed by atoms with Crippen molar-refractivity contribution in [2.75, 3.05) is 18.4 Å². The number of hydrogen-bond donors (Lipinski definition) is 1. The van der Waals surface area contributed by atoms with E-state index in [1.54, 1.807) is 0 Å². The average molecular weight is 372 g/mol. The highest BCUT2D eigenvalue weighted by molar-refractivity contribution is 7.17. The van der Waals surface area contributed by atoms with Gasteiger partial charge in [0.25, 0.3) is 5.91 Å². The number of rotatable bonds is 7. The SMILES string of the molecule is CCCN(CC1CC1)C(=O)c1sc(Nc2c(C)cc(C)cc2C)nc1C. The van der Waals surface area contributed by atoms with E-state index < -0.39 is 0 Å². The standard InChI is InChI=1S/C21H29N3OS/c1-6-9-24(12-17-7-8-17)20(25)19-16(5)22-21(26-19)23-18-14(3)10-13(2)11-15(18)4/h10-11,17H,6-9,12H2,1-5H3,(H,22,23). The Kier molecular flexibility index (Phi) is 5.66. The fourth-order valence-corrected chi connectivity index (χ4v) is 4.37. The van der Waals surface area contributed by atoms with Crippen molar-refractivity contribution in [2.45, 2.75) is 53.9 Å². The maximum Gasteiger partial charge on any atom is 0.265 e. The first kappa shape index (κ1) is 18.9. The van der Waals surface area contributed by atoms with Gasteiger partial charge in [0, 0.05) is 18.8 Å². The molecule has 0 radical (unpaired) electrons. The molecule has 1 N–H and O–H groups in total. The Balaban J connectivity index is 1.81. The molecule has 0 unspecified atom stereocenters. The maximum atomic E-state index is 13.0. The van der Waals surface area contributed by atoms with E-state index in [-0.39, 0.29) is 5.91 Å². The van der Waals surface area contributed by atoms with Crippen LogP contribution in [0.25, 0.3) is 0 Å². The van der Waals surface area contributed by atoms with Crippen LogP contribution in [0.2, 0.25) is 0 Å². The van der Waals surface area contributed by atoms with Crippen LogP contribution in [0.15, 0.2) is 12.1 Å². The summed E-state index contributed by atoms with van der Waals surface area (Å²) in [6, 6.07) is 4.33. The number of nitrogens with zero attached hydrogens (tertiary/aromatic N) is 2. The highest BCUT2D eigenvalue weighted by Crippen LogP contribution is 2.33. The smallest absolute Gasteiger partial charge is 0.265 e. The Morgan fingerprint density at radius 1 is 1.23 bits per heavy atom. The van der Waals surface area contributed by atoms with Crippen LogP contribution in [0.1, 0.15) is 58.2 Å². The highest BCUT2D eigenvalue weighted by atomic mass is 32.1. The van der Waals surface area contributed by atoms with Crippen molar-refractivity contribution in [1.29, 1.82) is 0 Å². The summed E-state index contributed by atoms with van der Waals surface area (Å²) in [5.41, 5.74) is 5.56. The van der Waals surface area contributed by atoms with E-state index >= 15 is 0 Å². The minimum Gasteiger partial charge on any atom is -0.338 e. The molecule has 1 aliphatic carbocycles. The van der Waals surface area contributed by atoms with Crippen LogP contribution >= 0.6 is 11.3 Å². The Morgan fingerprint density at radius 2 is 1.88 bits per heavy atom. The van der Waals surface area contributed by atoms with E-state index in [0.717, 1.165) is 40.9 Å². The van der Waals surface area contributed by atoms with E-state index in [9.17, 15) is 4.79 Å². The average Bonchev–Trinajstić information content (AvgIpc) is 3.31. The topological polar surface area (TPSA) is 45.2 Å². The number of nitrogens with one attached hydrogen (secondary N) is 1. The molecule has 26 heavy (non-hydrogen) atoms. The van der Waals surface area contributed by atoms with Gasteiger partial charge in [-0.2, -0.15) is 0 Å². The van der Waals surface area contributed by atoms with E-state index in [0.29, 0.717) is 5.92 Å². The second kappa shape index (κ2) is 7.78. The van der Waals surface area contributed by atoms with E-state index in [1.165, 1.54) is 40.9 Å². The third kappa shape index (κ3) is 4.26. The molecule has 4 nitrogen and oxygen atoms in total. The van der Waals surface area contributed by atoms with Crippen molar-refractivity contribution in [3.8, 4) is 0 Å². The third-order valence-electron chi connectivity index (χ3n) is 4.86. The first-order chi connectivity index (χ1) is 12.4. The summed E-state index contributed by atoms with van der Waals surface area (Å²) in [4.78, 5) is 20.4. The number of anilines is 2. The normalized spacial score (nSPS) is 13.7. The number of carbonyl (C=O) groups is 1. The zero-order valence-electron chi connectivity index (χ0n) is 16.5. The lowest BCUT2D eigenvalue weighted by molar-refractivity contribution is 0.0751. The molecule has 1 aromatic carbocycles. The molecule has 2 aromatic rings. The van der Waals surface area contributed by atoms with Gasteiger partial charge in [-0.25, -0.2) is 4.98 Å². The minimum absolute atomic E-state index is 0.138. The summed E-state index contributed by atoms with van der Waals surface area (Å²) < 4.78 is 0. The summed E-state index contributed by atoms with van der Waals surface area (Å²) in [5, 5.41) is 4.24. The molecule has 0 aliphatic heterocycles. The Hall–Kier alpha value is -1.88. The fourth-order valence-electron chi connectivity index (χ4n) is 3.43. The molecule has 140 valence electrons. The van der Waals surface area contributed by atoms with Crippen LogP contribution in [0.3, 0.4) is 0 Å². The maximum absolute atomic E-state index is 13.0.